The van der Waals surface area contributed by atoms with Crippen molar-refractivity contribution in [1.29, 1.82) is 5.26 Å². The predicted octanol–water partition coefficient (Wildman–Crippen LogP) is 3.93. The van der Waals surface area contributed by atoms with Crippen LogP contribution in [0, 0.1) is 10.7 Å². The van der Waals surface area contributed by atoms with E-state index in [-0.39, 0.29) is 17.0 Å². The van der Waals surface area contributed by atoms with E-state index in [9.17, 15) is 17.2 Å². The van der Waals surface area contributed by atoms with Crippen molar-refractivity contribution in [2.45, 2.75) is 9.79 Å². The van der Waals surface area contributed by atoms with E-state index in [0.29, 0.717) is 10.5 Å². The molecule has 0 bridgehead atoms. The molecular weight excluding hydrogens is 444 g/mol. The minimum Gasteiger partial charge on any atom is -0.379 e. The molecule has 0 radical (unpaired) electrons. The van der Waals surface area contributed by atoms with Gasteiger partial charge in [-0.15, -0.1) is 0 Å². The van der Waals surface area contributed by atoms with Crippen LogP contribution in [0.25, 0.3) is 12.2 Å². The topological polar surface area (TPSA) is 137 Å². The first-order chi connectivity index (χ1) is 13.2. The molecule has 0 amide bonds. The molecule has 144 valence electrons. The van der Waals surface area contributed by atoms with Crippen LogP contribution in [0.5, 0.6) is 5.75 Å². The van der Waals surface area contributed by atoms with E-state index >= 15 is 0 Å². The molecule has 0 aliphatic heterocycles. The molecule has 2 rings (SSSR count). The highest BCUT2D eigenvalue weighted by molar-refractivity contribution is 8.03. The lowest BCUT2D eigenvalue weighted by Crippen LogP contribution is -2.01. The monoisotopic (exact) mass is 454 g/mol. The van der Waals surface area contributed by atoms with Gasteiger partial charge in [-0.1, -0.05) is 24.3 Å². The molecule has 0 fully saturated rings. The van der Waals surface area contributed by atoms with Crippen molar-refractivity contribution in [3.05, 3.63) is 47.5 Å². The normalized spacial score (nSPS) is 12.2. The fourth-order valence-corrected chi connectivity index (χ4v) is 3.62. The van der Waals surface area contributed by atoms with E-state index < -0.39 is 26.4 Å². The number of nitriles is 1. The second-order valence-electron chi connectivity index (χ2n) is 4.93. The van der Waals surface area contributed by atoms with Gasteiger partial charge in [-0.2, -0.15) is 22.9 Å². The lowest BCUT2D eigenvalue weighted by Gasteiger charge is -2.07. The standard InChI is InChI=1S/C16H10N2O6S4/c17-9-26-14-6-4-11(15(8-14)24-27(19)20)1-2-12-3-5-13(18-10-25)7-16(12)28(21,22)23/h1-8H,(H,19,20)(H,21,22,23)/b2-1+. The number of hydrogen-bond donors (Lipinski definition) is 2. The Labute approximate surface area is 172 Å². The van der Waals surface area contributed by atoms with Crippen LogP contribution >= 0.6 is 24.0 Å². The molecule has 0 saturated heterocycles. The summed E-state index contributed by atoms with van der Waals surface area (Å²) in [6.45, 7) is 0. The van der Waals surface area contributed by atoms with Crippen LogP contribution in [-0.4, -0.2) is 26.9 Å². The summed E-state index contributed by atoms with van der Waals surface area (Å²) in [4.78, 5) is 3.75. The fraction of sp³-hybridized carbons (Fsp3) is 0. The van der Waals surface area contributed by atoms with Crippen molar-refractivity contribution >= 4 is 68.5 Å². The van der Waals surface area contributed by atoms with Crippen molar-refractivity contribution in [1.82, 2.24) is 0 Å². The highest BCUT2D eigenvalue weighted by Gasteiger charge is 2.15. The van der Waals surface area contributed by atoms with Gasteiger partial charge < -0.3 is 4.18 Å². The molecule has 1 atom stereocenters. The number of hydrogen-bond acceptors (Lipinski definition) is 8. The third-order valence-corrected chi connectivity index (χ3v) is 5.11. The van der Waals surface area contributed by atoms with E-state index in [1.54, 1.807) is 6.07 Å². The average Bonchev–Trinajstić information content (AvgIpc) is 2.61. The van der Waals surface area contributed by atoms with Gasteiger partial charge in [0.1, 0.15) is 10.3 Å². The first-order valence-electron chi connectivity index (χ1n) is 7.11. The van der Waals surface area contributed by atoms with E-state index in [1.807, 2.05) is 5.40 Å². The van der Waals surface area contributed by atoms with Crippen LogP contribution in [0.4, 0.5) is 5.69 Å². The Balaban J connectivity index is 2.52. The first kappa shape index (κ1) is 21.9. The number of thioether (sulfide) groups is 1. The molecule has 2 aromatic rings. The third-order valence-electron chi connectivity index (χ3n) is 3.20. The smallest absolute Gasteiger partial charge is 0.357 e. The minimum atomic E-state index is -4.55. The Morgan fingerprint density at radius 3 is 2.50 bits per heavy atom. The summed E-state index contributed by atoms with van der Waals surface area (Å²) in [7, 11) is -4.55. The molecular formula is C16H10N2O6S4. The zero-order valence-corrected chi connectivity index (χ0v) is 16.9. The summed E-state index contributed by atoms with van der Waals surface area (Å²) in [6, 6.07) is 8.50. The maximum absolute atomic E-state index is 11.7. The summed E-state index contributed by atoms with van der Waals surface area (Å²) < 4.78 is 57.6. The minimum absolute atomic E-state index is 0.00710. The van der Waals surface area contributed by atoms with Gasteiger partial charge in [0.2, 0.25) is 0 Å². The number of thiocarbonyl (C=S) groups is 1. The number of thiocyanates is 1. The molecule has 8 nitrogen and oxygen atoms in total. The van der Waals surface area contributed by atoms with E-state index in [4.69, 9.17) is 14.0 Å². The van der Waals surface area contributed by atoms with Crippen molar-refractivity contribution in [3.8, 4) is 11.2 Å². The van der Waals surface area contributed by atoms with Crippen LogP contribution in [0.1, 0.15) is 11.1 Å². The summed E-state index contributed by atoms with van der Waals surface area (Å²) in [5, 5.41) is 12.7. The van der Waals surface area contributed by atoms with Crippen LogP contribution in [0.2, 0.25) is 0 Å². The highest BCUT2D eigenvalue weighted by Crippen LogP contribution is 2.30. The molecule has 28 heavy (non-hydrogen) atoms. The number of benzene rings is 2. The Bertz CT molecular complexity index is 1150. The number of rotatable bonds is 7. The quantitative estimate of drug-likeness (QED) is 0.121. The lowest BCUT2D eigenvalue weighted by molar-refractivity contribution is 0.457. The second kappa shape index (κ2) is 9.72. The summed E-state index contributed by atoms with van der Waals surface area (Å²) in [5.41, 5.74) is 0.668. The summed E-state index contributed by atoms with van der Waals surface area (Å²) in [6.07, 6.45) is 2.79. The Kier molecular flexibility index (Phi) is 7.61. The zero-order valence-electron chi connectivity index (χ0n) is 13.7. The molecule has 0 aliphatic carbocycles. The SMILES string of the molecule is N#CSc1ccc(/C=C/c2ccc(N=C=S)cc2S(=O)(=O)O)c(OS(=O)O)c1. The van der Waals surface area contributed by atoms with Crippen LogP contribution < -0.4 is 4.18 Å². The molecule has 0 aromatic heterocycles. The molecule has 0 heterocycles. The van der Waals surface area contributed by atoms with Gasteiger partial charge in [0.15, 0.2) is 5.75 Å². The van der Waals surface area contributed by atoms with Crippen molar-refractivity contribution < 1.29 is 25.9 Å². The van der Waals surface area contributed by atoms with E-state index in [0.717, 1.165) is 17.8 Å². The Morgan fingerprint density at radius 2 is 1.89 bits per heavy atom. The van der Waals surface area contributed by atoms with Gasteiger partial charge in [-0.25, -0.2) is 0 Å². The van der Waals surface area contributed by atoms with Gasteiger partial charge in [-0.05, 0) is 53.8 Å². The Hall–Kier alpha value is -2.36. The first-order valence-corrected chi connectivity index (χ1v) is 10.8. The molecule has 1 unspecified atom stereocenters. The van der Waals surface area contributed by atoms with Gasteiger partial charge in [0.05, 0.1) is 10.8 Å². The third kappa shape index (κ3) is 6.08. The summed E-state index contributed by atoms with van der Waals surface area (Å²) >= 11 is 2.71. The van der Waals surface area contributed by atoms with E-state index in [2.05, 4.69) is 22.4 Å². The number of aliphatic imine (C=N–C) groups is 1. The number of isothiocyanates is 1. The second-order valence-corrected chi connectivity index (χ2v) is 7.96. The van der Waals surface area contributed by atoms with E-state index in [1.165, 1.54) is 36.4 Å². The number of nitrogens with zero attached hydrogens (tertiary/aromatic N) is 2. The van der Waals surface area contributed by atoms with Crippen LogP contribution in [-0.2, 0) is 21.5 Å². The molecule has 0 spiro atoms. The maximum Gasteiger partial charge on any atom is 0.357 e. The molecule has 2 aromatic carbocycles. The fourth-order valence-electron chi connectivity index (χ4n) is 2.10. The Morgan fingerprint density at radius 1 is 1.21 bits per heavy atom. The van der Waals surface area contributed by atoms with Crippen molar-refractivity contribution in [2.75, 3.05) is 0 Å². The maximum atomic E-state index is 11.7. The van der Waals surface area contributed by atoms with Gasteiger partial charge in [0.25, 0.3) is 10.1 Å². The van der Waals surface area contributed by atoms with Gasteiger partial charge >= 0.3 is 11.4 Å². The molecule has 2 N–H and O–H groups in total. The van der Waals surface area contributed by atoms with Gasteiger partial charge in [0, 0.05) is 10.5 Å². The van der Waals surface area contributed by atoms with Gasteiger partial charge in [-0.3, -0.25) is 9.11 Å². The van der Waals surface area contributed by atoms with Crippen molar-refractivity contribution in [3.63, 3.8) is 0 Å². The molecule has 0 aliphatic rings. The zero-order chi connectivity index (χ0) is 20.7. The summed E-state index contributed by atoms with van der Waals surface area (Å²) in [5.74, 6) is 0.00710. The predicted molar refractivity (Wildman–Crippen MR) is 109 cm³/mol. The highest BCUT2D eigenvalue weighted by atomic mass is 32.2. The molecule has 0 saturated carbocycles. The largest absolute Gasteiger partial charge is 0.379 e. The van der Waals surface area contributed by atoms with Crippen LogP contribution in [0.3, 0.4) is 0 Å². The molecule has 12 heteroatoms. The van der Waals surface area contributed by atoms with Crippen LogP contribution in [0.15, 0.2) is 51.2 Å². The van der Waals surface area contributed by atoms with Crippen molar-refractivity contribution in [2.24, 2.45) is 4.99 Å². The lowest BCUT2D eigenvalue weighted by atomic mass is 10.1. The average molecular weight is 455 g/mol.